The highest BCUT2D eigenvalue weighted by Crippen LogP contribution is 2.25. The first-order valence-corrected chi connectivity index (χ1v) is 9.31. The molecular weight excluding hydrogens is 326 g/mol. The maximum absolute atomic E-state index is 12.8. The Hall–Kier alpha value is -1.83. The van der Waals surface area contributed by atoms with Crippen molar-refractivity contribution in [2.45, 2.75) is 31.8 Å². The van der Waals surface area contributed by atoms with Crippen LogP contribution in [0.4, 0.5) is 0 Å². The van der Waals surface area contributed by atoms with E-state index in [0.29, 0.717) is 23.9 Å². The fourth-order valence-electron chi connectivity index (χ4n) is 2.76. The van der Waals surface area contributed by atoms with Gasteiger partial charge in [-0.25, -0.2) is 18.4 Å². The minimum Gasteiger partial charge on any atom is -0.367 e. The molecule has 0 saturated carbocycles. The third-order valence-electron chi connectivity index (χ3n) is 3.98. The van der Waals surface area contributed by atoms with Crippen LogP contribution in [0.3, 0.4) is 0 Å². The molecule has 1 aliphatic heterocycles. The highest BCUT2D eigenvalue weighted by molar-refractivity contribution is 7.89. The number of rotatable bonds is 3. The fraction of sp³-hybridized carbons (Fsp3) is 0.412. The van der Waals surface area contributed by atoms with Crippen molar-refractivity contribution in [1.82, 2.24) is 14.3 Å². The van der Waals surface area contributed by atoms with Gasteiger partial charge < -0.3 is 4.74 Å². The molecule has 0 N–H and O–H groups in total. The number of sulfonamides is 1. The quantitative estimate of drug-likeness (QED) is 0.851. The van der Waals surface area contributed by atoms with Crippen molar-refractivity contribution in [3.63, 3.8) is 0 Å². The highest BCUT2D eigenvalue weighted by atomic mass is 32.2. The Balaban J connectivity index is 1.86. The van der Waals surface area contributed by atoms with E-state index in [4.69, 9.17) is 4.74 Å². The molecule has 24 heavy (non-hydrogen) atoms. The lowest BCUT2D eigenvalue weighted by molar-refractivity contribution is -0.00769. The summed E-state index contributed by atoms with van der Waals surface area (Å²) in [7, 11) is -3.54. The van der Waals surface area contributed by atoms with E-state index in [9.17, 15) is 8.42 Å². The molecule has 6 nitrogen and oxygen atoms in total. The maximum Gasteiger partial charge on any atom is 0.243 e. The highest BCUT2D eigenvalue weighted by Gasteiger charge is 2.32. The van der Waals surface area contributed by atoms with Crippen LogP contribution in [-0.4, -0.2) is 42.4 Å². The molecule has 1 fully saturated rings. The Morgan fingerprint density at radius 2 is 1.71 bits per heavy atom. The summed E-state index contributed by atoms with van der Waals surface area (Å²) in [6, 6.07) is 8.77. The van der Waals surface area contributed by atoms with Gasteiger partial charge in [0, 0.05) is 24.5 Å². The first kappa shape index (κ1) is 17.0. The number of aryl methyl sites for hydroxylation is 3. The normalized spacial score (nSPS) is 19.4. The molecule has 0 aliphatic carbocycles. The Kier molecular flexibility index (Phi) is 4.67. The topological polar surface area (TPSA) is 72.4 Å². The summed E-state index contributed by atoms with van der Waals surface area (Å²) in [6.07, 6.45) is -0.447. The minimum atomic E-state index is -3.54. The molecule has 2 aromatic rings. The van der Waals surface area contributed by atoms with Gasteiger partial charge in [-0.1, -0.05) is 17.7 Å². The van der Waals surface area contributed by atoms with Gasteiger partial charge in [-0.3, -0.25) is 0 Å². The summed E-state index contributed by atoms with van der Waals surface area (Å²) >= 11 is 0. The molecule has 0 radical (unpaired) electrons. The average molecular weight is 347 g/mol. The summed E-state index contributed by atoms with van der Waals surface area (Å²) in [5.74, 6) is 0.538. The molecule has 3 rings (SSSR count). The van der Waals surface area contributed by atoms with Crippen molar-refractivity contribution in [2.75, 3.05) is 19.7 Å². The molecule has 1 aromatic carbocycles. The van der Waals surface area contributed by atoms with Gasteiger partial charge in [-0.2, -0.15) is 4.31 Å². The summed E-state index contributed by atoms with van der Waals surface area (Å²) in [5, 5.41) is 0. The van der Waals surface area contributed by atoms with Crippen LogP contribution in [0.25, 0.3) is 0 Å². The SMILES string of the molecule is Cc1ccc(S(=O)(=O)N2CCOC(c3nc(C)cc(C)n3)C2)cc1. The van der Waals surface area contributed by atoms with E-state index in [1.54, 1.807) is 24.3 Å². The zero-order valence-corrected chi connectivity index (χ0v) is 14.9. The predicted octanol–water partition coefficient (Wildman–Crippen LogP) is 2.16. The number of morpholine rings is 1. The largest absolute Gasteiger partial charge is 0.367 e. The van der Waals surface area contributed by atoms with Crippen LogP contribution >= 0.6 is 0 Å². The Morgan fingerprint density at radius 3 is 2.33 bits per heavy atom. The van der Waals surface area contributed by atoms with E-state index >= 15 is 0 Å². The molecule has 1 atom stereocenters. The smallest absolute Gasteiger partial charge is 0.243 e. The second kappa shape index (κ2) is 6.58. The number of aromatic nitrogens is 2. The third-order valence-corrected chi connectivity index (χ3v) is 5.85. The van der Waals surface area contributed by atoms with Crippen LogP contribution in [0.15, 0.2) is 35.2 Å². The van der Waals surface area contributed by atoms with E-state index in [2.05, 4.69) is 9.97 Å². The van der Waals surface area contributed by atoms with Gasteiger partial charge in [-0.05, 0) is 39.0 Å². The van der Waals surface area contributed by atoms with Crippen molar-refractivity contribution in [2.24, 2.45) is 0 Å². The van der Waals surface area contributed by atoms with E-state index in [1.165, 1.54) is 4.31 Å². The predicted molar refractivity (Wildman–Crippen MR) is 90.1 cm³/mol. The van der Waals surface area contributed by atoms with Crippen molar-refractivity contribution in [3.05, 3.63) is 53.1 Å². The Morgan fingerprint density at radius 1 is 1.08 bits per heavy atom. The summed E-state index contributed by atoms with van der Waals surface area (Å²) < 4.78 is 32.9. The minimum absolute atomic E-state index is 0.221. The molecule has 0 amide bonds. The summed E-state index contributed by atoms with van der Waals surface area (Å²) in [5.41, 5.74) is 2.72. The van der Waals surface area contributed by atoms with Crippen LogP contribution in [-0.2, 0) is 14.8 Å². The molecule has 7 heteroatoms. The van der Waals surface area contributed by atoms with Gasteiger partial charge in [0.25, 0.3) is 0 Å². The standard InChI is InChI=1S/C17H21N3O3S/c1-12-4-6-15(7-5-12)24(21,22)20-8-9-23-16(11-20)17-18-13(2)10-14(3)19-17/h4-7,10,16H,8-9,11H2,1-3H3. The van der Waals surface area contributed by atoms with Crippen molar-refractivity contribution in [1.29, 1.82) is 0 Å². The Labute approximate surface area is 142 Å². The van der Waals surface area contributed by atoms with Gasteiger partial charge >= 0.3 is 0 Å². The molecule has 128 valence electrons. The van der Waals surface area contributed by atoms with Gasteiger partial charge in [-0.15, -0.1) is 0 Å². The molecule has 1 aromatic heterocycles. The summed E-state index contributed by atoms with van der Waals surface area (Å²) in [6.45, 7) is 6.59. The summed E-state index contributed by atoms with van der Waals surface area (Å²) in [4.78, 5) is 9.10. The maximum atomic E-state index is 12.8. The average Bonchev–Trinajstić information content (AvgIpc) is 2.54. The van der Waals surface area contributed by atoms with Gasteiger partial charge in [0.2, 0.25) is 10.0 Å². The lowest BCUT2D eigenvalue weighted by Gasteiger charge is -2.31. The second-order valence-corrected chi connectivity index (χ2v) is 7.98. The molecule has 0 bridgehead atoms. The third kappa shape index (κ3) is 3.48. The van der Waals surface area contributed by atoms with Crippen LogP contribution in [0.1, 0.15) is 28.9 Å². The van der Waals surface area contributed by atoms with Crippen LogP contribution in [0, 0.1) is 20.8 Å². The van der Waals surface area contributed by atoms with Crippen molar-refractivity contribution >= 4 is 10.0 Å². The number of nitrogens with zero attached hydrogens (tertiary/aromatic N) is 3. The first-order valence-electron chi connectivity index (χ1n) is 7.87. The van der Waals surface area contributed by atoms with Crippen LogP contribution in [0.2, 0.25) is 0 Å². The van der Waals surface area contributed by atoms with E-state index in [0.717, 1.165) is 17.0 Å². The molecular formula is C17H21N3O3S. The zero-order valence-electron chi connectivity index (χ0n) is 14.1. The van der Waals surface area contributed by atoms with Crippen LogP contribution < -0.4 is 0 Å². The molecule has 1 aliphatic rings. The van der Waals surface area contributed by atoms with Crippen molar-refractivity contribution in [3.8, 4) is 0 Å². The number of ether oxygens (including phenoxy) is 1. The number of hydrogen-bond acceptors (Lipinski definition) is 5. The van der Waals surface area contributed by atoms with E-state index in [1.807, 2.05) is 26.8 Å². The first-order chi connectivity index (χ1) is 11.4. The molecule has 2 heterocycles. The fourth-order valence-corrected chi connectivity index (χ4v) is 4.18. The molecule has 1 saturated heterocycles. The number of hydrogen-bond donors (Lipinski definition) is 0. The molecule has 1 unspecified atom stereocenters. The van der Waals surface area contributed by atoms with Gasteiger partial charge in [0.05, 0.1) is 11.5 Å². The van der Waals surface area contributed by atoms with Gasteiger partial charge in [0.15, 0.2) is 5.82 Å². The second-order valence-electron chi connectivity index (χ2n) is 6.04. The van der Waals surface area contributed by atoms with Crippen molar-refractivity contribution < 1.29 is 13.2 Å². The van der Waals surface area contributed by atoms with Crippen LogP contribution in [0.5, 0.6) is 0 Å². The lowest BCUT2D eigenvalue weighted by Crippen LogP contribution is -2.42. The number of benzene rings is 1. The molecule has 0 spiro atoms. The zero-order chi connectivity index (χ0) is 17.3. The Bertz CT molecular complexity index is 814. The monoisotopic (exact) mass is 347 g/mol. The van der Waals surface area contributed by atoms with E-state index < -0.39 is 16.1 Å². The lowest BCUT2D eigenvalue weighted by atomic mass is 10.2. The van der Waals surface area contributed by atoms with E-state index in [-0.39, 0.29) is 6.54 Å². The van der Waals surface area contributed by atoms with Gasteiger partial charge in [0.1, 0.15) is 6.10 Å².